The minimum atomic E-state index is -0.455. The summed E-state index contributed by atoms with van der Waals surface area (Å²) in [4.78, 5) is 32.4. The van der Waals surface area contributed by atoms with Gasteiger partial charge in [-0.2, -0.15) is 0 Å². The summed E-state index contributed by atoms with van der Waals surface area (Å²) in [5, 5.41) is 2.86. The van der Waals surface area contributed by atoms with Crippen molar-refractivity contribution in [3.8, 4) is 0 Å². The maximum atomic E-state index is 12.8. The fraction of sp³-hybridized carbons (Fsp3) is 0.381. The Kier molecular flexibility index (Phi) is 5.02. The van der Waals surface area contributed by atoms with E-state index >= 15 is 0 Å². The molecule has 0 radical (unpaired) electrons. The molecule has 28 heavy (non-hydrogen) atoms. The third-order valence-electron chi connectivity index (χ3n) is 4.58. The first-order valence-electron chi connectivity index (χ1n) is 9.17. The predicted molar refractivity (Wildman–Crippen MR) is 107 cm³/mol. The molecule has 0 bridgehead atoms. The van der Waals surface area contributed by atoms with E-state index in [1.165, 1.54) is 7.11 Å². The standard InChI is InChI=1S/C21H25N3O4/c1-7-13-16(19(26)27-6)11(2)17(23-13)18(25)22-12-8-9-15-14(10-12)24-20(28-15)21(3,4)5/h8-10,23H,7H2,1-6H3,(H,22,25). The van der Waals surface area contributed by atoms with Gasteiger partial charge in [0.1, 0.15) is 11.2 Å². The van der Waals surface area contributed by atoms with E-state index in [0.717, 1.165) is 0 Å². The quantitative estimate of drug-likeness (QED) is 0.652. The van der Waals surface area contributed by atoms with Crippen LogP contribution in [0.1, 0.15) is 65.7 Å². The molecule has 3 aromatic rings. The highest BCUT2D eigenvalue weighted by Gasteiger charge is 2.24. The van der Waals surface area contributed by atoms with Gasteiger partial charge in [-0.3, -0.25) is 4.79 Å². The summed E-state index contributed by atoms with van der Waals surface area (Å²) in [7, 11) is 1.33. The number of amides is 1. The molecular weight excluding hydrogens is 358 g/mol. The molecule has 7 heteroatoms. The molecule has 0 aliphatic carbocycles. The van der Waals surface area contributed by atoms with Crippen LogP contribution >= 0.6 is 0 Å². The minimum absolute atomic E-state index is 0.204. The van der Waals surface area contributed by atoms with Crippen molar-refractivity contribution in [1.82, 2.24) is 9.97 Å². The first-order valence-corrected chi connectivity index (χ1v) is 9.17. The summed E-state index contributed by atoms with van der Waals surface area (Å²) in [6, 6.07) is 5.32. The zero-order valence-electron chi connectivity index (χ0n) is 17.0. The van der Waals surface area contributed by atoms with E-state index in [1.54, 1.807) is 25.1 Å². The fourth-order valence-corrected chi connectivity index (χ4v) is 3.05. The molecule has 0 atom stereocenters. The molecule has 7 nitrogen and oxygen atoms in total. The van der Waals surface area contributed by atoms with Gasteiger partial charge in [0.15, 0.2) is 5.58 Å². The van der Waals surface area contributed by atoms with Crippen molar-refractivity contribution in [2.75, 3.05) is 12.4 Å². The molecule has 2 aromatic heterocycles. The second-order valence-corrected chi connectivity index (χ2v) is 7.73. The molecule has 3 rings (SSSR count). The molecule has 2 heterocycles. The molecule has 2 N–H and O–H groups in total. The number of methoxy groups -OCH3 is 1. The normalized spacial score (nSPS) is 11.6. The highest BCUT2D eigenvalue weighted by atomic mass is 16.5. The number of fused-ring (bicyclic) bond motifs is 1. The van der Waals surface area contributed by atoms with Crippen LogP contribution in [-0.2, 0) is 16.6 Å². The molecule has 0 fully saturated rings. The number of nitrogens with one attached hydrogen (secondary N) is 2. The number of anilines is 1. The van der Waals surface area contributed by atoms with E-state index < -0.39 is 5.97 Å². The molecule has 0 saturated carbocycles. The van der Waals surface area contributed by atoms with Crippen molar-refractivity contribution < 1.29 is 18.7 Å². The Bertz CT molecular complexity index is 1050. The lowest BCUT2D eigenvalue weighted by atomic mass is 9.97. The van der Waals surface area contributed by atoms with Gasteiger partial charge in [0.25, 0.3) is 5.91 Å². The van der Waals surface area contributed by atoms with Gasteiger partial charge in [0.05, 0.1) is 12.7 Å². The average molecular weight is 383 g/mol. The highest BCUT2D eigenvalue weighted by Crippen LogP contribution is 2.28. The monoisotopic (exact) mass is 383 g/mol. The Labute approximate surface area is 163 Å². The largest absolute Gasteiger partial charge is 0.465 e. The molecule has 1 amide bonds. The number of benzene rings is 1. The zero-order valence-corrected chi connectivity index (χ0v) is 17.0. The summed E-state index contributed by atoms with van der Waals surface area (Å²) >= 11 is 0. The van der Waals surface area contributed by atoms with Crippen molar-refractivity contribution in [3.63, 3.8) is 0 Å². The van der Waals surface area contributed by atoms with Crippen LogP contribution in [-0.4, -0.2) is 29.0 Å². The highest BCUT2D eigenvalue weighted by molar-refractivity contribution is 6.07. The minimum Gasteiger partial charge on any atom is -0.465 e. The molecule has 0 saturated heterocycles. The summed E-state index contributed by atoms with van der Waals surface area (Å²) in [6.45, 7) is 9.72. The molecular formula is C21H25N3O4. The van der Waals surface area contributed by atoms with Gasteiger partial charge in [0.2, 0.25) is 5.89 Å². The maximum Gasteiger partial charge on any atom is 0.339 e. The van der Waals surface area contributed by atoms with E-state index in [4.69, 9.17) is 9.15 Å². The first kappa shape index (κ1) is 19.7. The maximum absolute atomic E-state index is 12.8. The number of carbonyl (C=O) groups is 2. The van der Waals surface area contributed by atoms with Crippen LogP contribution in [0.2, 0.25) is 0 Å². The van der Waals surface area contributed by atoms with E-state index in [0.29, 0.717) is 51.6 Å². The van der Waals surface area contributed by atoms with Crippen LogP contribution in [0, 0.1) is 6.92 Å². The number of esters is 1. The summed E-state index contributed by atoms with van der Waals surface area (Å²) in [5.74, 6) is -0.147. The third-order valence-corrected chi connectivity index (χ3v) is 4.58. The number of ether oxygens (including phenoxy) is 1. The number of oxazole rings is 1. The molecule has 0 spiro atoms. The lowest BCUT2D eigenvalue weighted by Crippen LogP contribution is -2.14. The van der Waals surface area contributed by atoms with E-state index in [9.17, 15) is 9.59 Å². The zero-order chi connectivity index (χ0) is 20.6. The van der Waals surface area contributed by atoms with Gasteiger partial charge >= 0.3 is 5.97 Å². The van der Waals surface area contributed by atoms with Crippen LogP contribution in [0.5, 0.6) is 0 Å². The van der Waals surface area contributed by atoms with E-state index in [2.05, 4.69) is 15.3 Å². The number of hydrogen-bond acceptors (Lipinski definition) is 5. The topological polar surface area (TPSA) is 97.2 Å². The number of rotatable bonds is 4. The molecule has 0 unspecified atom stereocenters. The van der Waals surface area contributed by atoms with Gasteiger partial charge in [-0.15, -0.1) is 0 Å². The number of hydrogen-bond donors (Lipinski definition) is 2. The van der Waals surface area contributed by atoms with Gasteiger partial charge in [-0.05, 0) is 37.1 Å². The summed E-state index contributed by atoms with van der Waals surface area (Å²) in [5.41, 5.74) is 3.73. The number of nitrogens with zero attached hydrogens (tertiary/aromatic N) is 1. The van der Waals surface area contributed by atoms with Gasteiger partial charge in [-0.25, -0.2) is 9.78 Å². The van der Waals surface area contributed by atoms with E-state index in [-0.39, 0.29) is 11.3 Å². The lowest BCUT2D eigenvalue weighted by Gasteiger charge is -2.11. The Morgan fingerprint density at radius 2 is 2.00 bits per heavy atom. The van der Waals surface area contributed by atoms with Crippen molar-refractivity contribution in [1.29, 1.82) is 0 Å². The first-order chi connectivity index (χ1) is 13.2. The number of aryl methyl sites for hydroxylation is 1. The van der Waals surface area contributed by atoms with Gasteiger partial charge in [-0.1, -0.05) is 27.7 Å². The molecule has 0 aliphatic rings. The SMILES string of the molecule is CCc1[nH]c(C(=O)Nc2ccc3oc(C(C)(C)C)nc3c2)c(C)c1C(=O)OC. The molecule has 148 valence electrons. The summed E-state index contributed by atoms with van der Waals surface area (Å²) < 4.78 is 10.6. The Balaban J connectivity index is 1.91. The summed E-state index contributed by atoms with van der Waals surface area (Å²) in [6.07, 6.45) is 0.582. The van der Waals surface area contributed by atoms with E-state index in [1.807, 2.05) is 27.7 Å². The smallest absolute Gasteiger partial charge is 0.339 e. The van der Waals surface area contributed by atoms with Crippen molar-refractivity contribution in [2.45, 2.75) is 46.5 Å². The van der Waals surface area contributed by atoms with Gasteiger partial charge < -0.3 is 19.5 Å². The lowest BCUT2D eigenvalue weighted by molar-refractivity contribution is 0.0599. The van der Waals surface area contributed by atoms with Gasteiger partial charge in [0, 0.05) is 16.8 Å². The number of aromatic nitrogens is 2. The van der Waals surface area contributed by atoms with Crippen LogP contribution < -0.4 is 5.32 Å². The molecule has 0 aliphatic heterocycles. The van der Waals surface area contributed by atoms with Crippen LogP contribution in [0.4, 0.5) is 5.69 Å². The van der Waals surface area contributed by atoms with Crippen molar-refractivity contribution >= 4 is 28.7 Å². The van der Waals surface area contributed by atoms with Crippen LogP contribution in [0.25, 0.3) is 11.1 Å². The Morgan fingerprint density at radius 1 is 1.29 bits per heavy atom. The second-order valence-electron chi connectivity index (χ2n) is 7.73. The van der Waals surface area contributed by atoms with Crippen molar-refractivity contribution in [2.24, 2.45) is 0 Å². The third kappa shape index (κ3) is 3.52. The number of aromatic amines is 1. The predicted octanol–water partition coefficient (Wildman–Crippen LogP) is 4.36. The van der Waals surface area contributed by atoms with Crippen LogP contribution in [0.15, 0.2) is 22.6 Å². The fourth-order valence-electron chi connectivity index (χ4n) is 3.05. The van der Waals surface area contributed by atoms with Crippen molar-refractivity contribution in [3.05, 3.63) is 46.6 Å². The molecule has 1 aromatic carbocycles. The number of H-pyrrole nitrogens is 1. The Hall–Kier alpha value is -3.09. The Morgan fingerprint density at radius 3 is 2.61 bits per heavy atom. The second kappa shape index (κ2) is 7.14. The van der Waals surface area contributed by atoms with Crippen LogP contribution in [0.3, 0.4) is 0 Å². The average Bonchev–Trinajstić information content (AvgIpc) is 3.21. The number of carbonyl (C=O) groups excluding carboxylic acids is 2.